The third-order valence-electron chi connectivity index (χ3n) is 4.06. The van der Waals surface area contributed by atoms with E-state index in [0.29, 0.717) is 24.2 Å². The van der Waals surface area contributed by atoms with Gasteiger partial charge >= 0.3 is 0 Å². The van der Waals surface area contributed by atoms with E-state index in [-0.39, 0.29) is 5.91 Å². The van der Waals surface area contributed by atoms with Crippen LogP contribution in [0.25, 0.3) is 0 Å². The lowest BCUT2D eigenvalue weighted by Gasteiger charge is -2.17. The summed E-state index contributed by atoms with van der Waals surface area (Å²) in [5.74, 6) is -0.0984. The lowest BCUT2D eigenvalue weighted by atomic mass is 10.1. The number of anilines is 2. The number of carbonyl (C=O) groups excluding carboxylic acids is 1. The minimum atomic E-state index is -3.33. The highest BCUT2D eigenvalue weighted by atomic mass is 32.2. The van der Waals surface area contributed by atoms with Crippen LogP contribution in [0.2, 0.25) is 0 Å². The number of hydrogen-bond donors (Lipinski definition) is 1. The predicted molar refractivity (Wildman–Crippen MR) is 102 cm³/mol. The number of aryl methyl sites for hydroxylation is 2. The van der Waals surface area contributed by atoms with E-state index in [1.54, 1.807) is 24.3 Å². The van der Waals surface area contributed by atoms with Crippen LogP contribution < -0.4 is 9.62 Å². The first-order valence-corrected chi connectivity index (χ1v) is 10.1. The number of carbonyl (C=O) groups is 1. The second-order valence-electron chi connectivity index (χ2n) is 6.00. The van der Waals surface area contributed by atoms with Gasteiger partial charge in [-0.05, 0) is 42.2 Å². The summed E-state index contributed by atoms with van der Waals surface area (Å²) in [6, 6.07) is 15.1. The predicted octanol–water partition coefficient (Wildman–Crippen LogP) is 3.22. The topological polar surface area (TPSA) is 66.5 Å². The van der Waals surface area contributed by atoms with Gasteiger partial charge in [0.1, 0.15) is 0 Å². The summed E-state index contributed by atoms with van der Waals surface area (Å²) in [7, 11) is -1.85. The van der Waals surface area contributed by atoms with Crippen molar-refractivity contribution in [3.8, 4) is 0 Å². The second-order valence-corrected chi connectivity index (χ2v) is 8.01. The van der Waals surface area contributed by atoms with E-state index < -0.39 is 10.0 Å². The van der Waals surface area contributed by atoms with Crippen molar-refractivity contribution in [3.63, 3.8) is 0 Å². The molecule has 1 amide bonds. The normalized spacial score (nSPS) is 11.2. The maximum atomic E-state index is 12.1. The van der Waals surface area contributed by atoms with Crippen molar-refractivity contribution in [1.29, 1.82) is 0 Å². The van der Waals surface area contributed by atoms with Crippen molar-refractivity contribution in [1.82, 2.24) is 0 Å². The Kier molecular flexibility index (Phi) is 6.20. The van der Waals surface area contributed by atoms with E-state index in [2.05, 4.69) is 24.4 Å². The van der Waals surface area contributed by atoms with Gasteiger partial charge in [0.05, 0.1) is 11.9 Å². The van der Waals surface area contributed by atoms with Crippen LogP contribution in [0.3, 0.4) is 0 Å². The zero-order valence-corrected chi connectivity index (χ0v) is 15.6. The summed E-state index contributed by atoms with van der Waals surface area (Å²) in [6.45, 7) is 2.11. The first-order chi connectivity index (χ1) is 11.8. The Morgan fingerprint density at radius 1 is 1.08 bits per heavy atom. The Hall–Kier alpha value is -2.34. The van der Waals surface area contributed by atoms with E-state index in [1.807, 2.05) is 12.1 Å². The van der Waals surface area contributed by atoms with Crippen LogP contribution in [-0.4, -0.2) is 27.6 Å². The average Bonchev–Trinajstić information content (AvgIpc) is 2.59. The third kappa shape index (κ3) is 5.60. The minimum absolute atomic E-state index is 0.0984. The second kappa shape index (κ2) is 8.16. The largest absolute Gasteiger partial charge is 0.326 e. The molecule has 0 bridgehead atoms. The summed E-state index contributed by atoms with van der Waals surface area (Å²) in [5, 5.41) is 2.82. The van der Waals surface area contributed by atoms with Crippen LogP contribution in [0.1, 0.15) is 24.5 Å². The molecule has 2 aromatic carbocycles. The summed E-state index contributed by atoms with van der Waals surface area (Å²) < 4.78 is 24.4. The highest BCUT2D eigenvalue weighted by molar-refractivity contribution is 7.92. The summed E-state index contributed by atoms with van der Waals surface area (Å²) in [5.41, 5.74) is 3.49. The molecule has 2 rings (SSSR count). The van der Waals surface area contributed by atoms with E-state index in [1.165, 1.54) is 16.9 Å². The van der Waals surface area contributed by atoms with Gasteiger partial charge in [-0.1, -0.05) is 37.3 Å². The molecule has 0 aromatic heterocycles. The number of nitrogens with one attached hydrogen (secondary N) is 1. The molecule has 0 spiro atoms. The summed E-state index contributed by atoms with van der Waals surface area (Å²) in [4.78, 5) is 12.1. The van der Waals surface area contributed by atoms with Gasteiger partial charge in [0.2, 0.25) is 15.9 Å². The molecule has 0 aliphatic rings. The van der Waals surface area contributed by atoms with Crippen molar-refractivity contribution in [2.24, 2.45) is 0 Å². The van der Waals surface area contributed by atoms with Gasteiger partial charge in [-0.25, -0.2) is 8.42 Å². The van der Waals surface area contributed by atoms with Gasteiger partial charge in [0.15, 0.2) is 0 Å². The molecule has 0 aliphatic carbocycles. The number of benzene rings is 2. The first-order valence-electron chi connectivity index (χ1n) is 8.21. The molecule has 0 fully saturated rings. The smallest absolute Gasteiger partial charge is 0.231 e. The van der Waals surface area contributed by atoms with Crippen molar-refractivity contribution in [2.75, 3.05) is 22.9 Å². The van der Waals surface area contributed by atoms with E-state index in [0.717, 1.165) is 18.2 Å². The van der Waals surface area contributed by atoms with Gasteiger partial charge < -0.3 is 5.32 Å². The zero-order valence-electron chi connectivity index (χ0n) is 14.8. The van der Waals surface area contributed by atoms with E-state index >= 15 is 0 Å². The molecular weight excluding hydrogens is 336 g/mol. The molecule has 1 N–H and O–H groups in total. The van der Waals surface area contributed by atoms with Crippen LogP contribution in [0.5, 0.6) is 0 Å². The maximum absolute atomic E-state index is 12.1. The summed E-state index contributed by atoms with van der Waals surface area (Å²) in [6.07, 6.45) is 3.18. The average molecular weight is 360 g/mol. The number of sulfonamides is 1. The van der Waals surface area contributed by atoms with Gasteiger partial charge in [-0.15, -0.1) is 0 Å². The molecule has 0 radical (unpaired) electrons. The van der Waals surface area contributed by atoms with Crippen LogP contribution in [-0.2, 0) is 27.7 Å². The lowest BCUT2D eigenvalue weighted by Crippen LogP contribution is -2.24. The van der Waals surface area contributed by atoms with E-state index in [9.17, 15) is 13.2 Å². The number of amides is 1. The van der Waals surface area contributed by atoms with Gasteiger partial charge in [-0.2, -0.15) is 0 Å². The number of nitrogens with zero attached hydrogens (tertiary/aromatic N) is 1. The third-order valence-corrected chi connectivity index (χ3v) is 5.27. The van der Waals surface area contributed by atoms with Crippen molar-refractivity contribution in [2.45, 2.75) is 26.2 Å². The molecule has 0 unspecified atom stereocenters. The Morgan fingerprint density at radius 3 is 2.32 bits per heavy atom. The Labute approximate surface area is 149 Å². The molecule has 5 nitrogen and oxygen atoms in total. The molecule has 25 heavy (non-hydrogen) atoms. The van der Waals surface area contributed by atoms with Gasteiger partial charge in [-0.3, -0.25) is 9.10 Å². The molecule has 134 valence electrons. The van der Waals surface area contributed by atoms with Crippen LogP contribution in [0.4, 0.5) is 11.4 Å². The SMILES string of the molecule is CCc1ccc(CCC(=O)Nc2cccc(N(C)S(C)(=O)=O)c2)cc1. The van der Waals surface area contributed by atoms with Crippen LogP contribution >= 0.6 is 0 Å². The van der Waals surface area contributed by atoms with Crippen molar-refractivity contribution >= 4 is 27.3 Å². The van der Waals surface area contributed by atoms with Crippen LogP contribution in [0.15, 0.2) is 48.5 Å². The molecule has 0 saturated heterocycles. The molecule has 6 heteroatoms. The Balaban J connectivity index is 1.96. The fourth-order valence-corrected chi connectivity index (χ4v) is 2.89. The van der Waals surface area contributed by atoms with Gasteiger partial charge in [0, 0.05) is 19.2 Å². The highest BCUT2D eigenvalue weighted by Crippen LogP contribution is 2.20. The number of rotatable bonds is 7. The quantitative estimate of drug-likeness (QED) is 0.824. The van der Waals surface area contributed by atoms with Crippen molar-refractivity contribution in [3.05, 3.63) is 59.7 Å². The zero-order chi connectivity index (χ0) is 18.4. The maximum Gasteiger partial charge on any atom is 0.231 e. The van der Waals surface area contributed by atoms with Gasteiger partial charge in [0.25, 0.3) is 0 Å². The Morgan fingerprint density at radius 2 is 1.72 bits per heavy atom. The Bertz CT molecular complexity index is 830. The molecule has 2 aromatic rings. The first kappa shape index (κ1) is 19.0. The monoisotopic (exact) mass is 360 g/mol. The molecule has 0 atom stereocenters. The minimum Gasteiger partial charge on any atom is -0.326 e. The van der Waals surface area contributed by atoms with E-state index in [4.69, 9.17) is 0 Å². The van der Waals surface area contributed by atoms with Crippen LogP contribution in [0, 0.1) is 0 Å². The standard InChI is InChI=1S/C19H24N2O3S/c1-4-15-8-10-16(11-9-15)12-13-19(22)20-17-6-5-7-18(14-17)21(2)25(3,23)24/h5-11,14H,4,12-13H2,1-3H3,(H,20,22). The highest BCUT2D eigenvalue weighted by Gasteiger charge is 2.12. The molecular formula is C19H24N2O3S. The fraction of sp³-hybridized carbons (Fsp3) is 0.316. The fourth-order valence-electron chi connectivity index (χ4n) is 2.39. The van der Waals surface area contributed by atoms with Crippen molar-refractivity contribution < 1.29 is 13.2 Å². The molecule has 0 heterocycles. The molecule has 0 saturated carbocycles. The lowest BCUT2D eigenvalue weighted by molar-refractivity contribution is -0.116. The number of hydrogen-bond acceptors (Lipinski definition) is 3. The summed E-state index contributed by atoms with van der Waals surface area (Å²) >= 11 is 0. The molecule has 0 aliphatic heterocycles.